The zero-order chi connectivity index (χ0) is 15.2. The van der Waals surface area contributed by atoms with Gasteiger partial charge in [0.2, 0.25) is 10.0 Å². The van der Waals surface area contributed by atoms with E-state index in [0.29, 0.717) is 0 Å². The van der Waals surface area contributed by atoms with Crippen LogP contribution in [0.2, 0.25) is 0 Å². The summed E-state index contributed by atoms with van der Waals surface area (Å²) in [6.07, 6.45) is 5.21. The van der Waals surface area contributed by atoms with Crippen LogP contribution in [0.3, 0.4) is 0 Å². The minimum Gasteiger partial charge on any atom is -0.378 e. The topological polar surface area (TPSA) is 57.6 Å². The highest BCUT2D eigenvalue weighted by atomic mass is 32.2. The molecule has 0 amide bonds. The summed E-state index contributed by atoms with van der Waals surface area (Å²) in [5.41, 5.74) is -1.17. The van der Waals surface area contributed by atoms with Crippen LogP contribution in [0.4, 0.5) is 0 Å². The first-order chi connectivity index (χ1) is 9.27. The Bertz CT molecular complexity index is 640. The number of hydrogen-bond acceptors (Lipinski definition) is 3. The van der Waals surface area contributed by atoms with E-state index in [1.54, 1.807) is 18.2 Å². The highest BCUT2D eigenvalue weighted by Gasteiger charge is 2.22. The summed E-state index contributed by atoms with van der Waals surface area (Å²) >= 11 is 0. The molecule has 0 aliphatic carbocycles. The third kappa shape index (κ3) is 4.71. The molecule has 0 saturated heterocycles. The quantitative estimate of drug-likeness (QED) is 0.845. The van der Waals surface area contributed by atoms with Gasteiger partial charge < -0.3 is 5.11 Å². The van der Waals surface area contributed by atoms with Crippen molar-refractivity contribution in [1.82, 2.24) is 4.31 Å². The van der Waals surface area contributed by atoms with Crippen LogP contribution in [0.15, 0.2) is 35.2 Å². The molecule has 1 N–H and O–H groups in total. The first-order valence-electron chi connectivity index (χ1n) is 5.98. The van der Waals surface area contributed by atoms with Crippen LogP contribution >= 0.6 is 0 Å². The van der Waals surface area contributed by atoms with Gasteiger partial charge in [0.1, 0.15) is 5.60 Å². The minimum atomic E-state index is -3.67. The van der Waals surface area contributed by atoms with Crippen LogP contribution in [-0.4, -0.2) is 36.5 Å². The molecule has 0 spiro atoms. The smallest absolute Gasteiger partial charge is 0.244 e. The van der Waals surface area contributed by atoms with Crippen LogP contribution < -0.4 is 0 Å². The lowest BCUT2D eigenvalue weighted by Gasteiger charge is -2.17. The highest BCUT2D eigenvalue weighted by molar-refractivity contribution is 7.89. The van der Waals surface area contributed by atoms with E-state index in [1.165, 1.54) is 26.0 Å². The summed E-state index contributed by atoms with van der Waals surface area (Å²) in [5.74, 6) is 7.51. The van der Waals surface area contributed by atoms with Crippen molar-refractivity contribution in [3.63, 3.8) is 0 Å². The lowest BCUT2D eigenvalue weighted by Crippen LogP contribution is -2.32. The molecule has 0 unspecified atom stereocenters. The molecule has 4 nitrogen and oxygen atoms in total. The van der Waals surface area contributed by atoms with E-state index in [-0.39, 0.29) is 18.0 Å². The molecule has 106 valence electrons. The van der Waals surface area contributed by atoms with E-state index >= 15 is 0 Å². The molecule has 0 atom stereocenters. The summed E-state index contributed by atoms with van der Waals surface area (Å²) in [4.78, 5) is 0.167. The Balaban J connectivity index is 3.02. The SMILES string of the molecule is C#CCN(CC#CC(C)(C)O)S(=O)(=O)c1ccccc1. The average molecular weight is 291 g/mol. The largest absolute Gasteiger partial charge is 0.378 e. The molecule has 0 radical (unpaired) electrons. The third-order valence-corrected chi connectivity index (χ3v) is 4.10. The van der Waals surface area contributed by atoms with Gasteiger partial charge in [0.25, 0.3) is 0 Å². The van der Waals surface area contributed by atoms with Crippen LogP contribution in [-0.2, 0) is 10.0 Å². The van der Waals surface area contributed by atoms with Crippen molar-refractivity contribution in [2.24, 2.45) is 0 Å². The molecule has 0 aromatic heterocycles. The van der Waals surface area contributed by atoms with Crippen molar-refractivity contribution >= 4 is 10.0 Å². The number of rotatable bonds is 4. The van der Waals surface area contributed by atoms with Crippen LogP contribution in [0.25, 0.3) is 0 Å². The first-order valence-corrected chi connectivity index (χ1v) is 7.42. The molecule has 0 heterocycles. The average Bonchev–Trinajstić information content (AvgIpc) is 2.37. The number of benzene rings is 1. The Hall–Kier alpha value is -1.79. The molecule has 20 heavy (non-hydrogen) atoms. The molecule has 1 rings (SSSR count). The van der Waals surface area contributed by atoms with Gasteiger partial charge in [-0.3, -0.25) is 0 Å². The van der Waals surface area contributed by atoms with Crippen LogP contribution in [0.5, 0.6) is 0 Å². The van der Waals surface area contributed by atoms with E-state index in [9.17, 15) is 13.5 Å². The van der Waals surface area contributed by atoms with Gasteiger partial charge in [-0.1, -0.05) is 36.0 Å². The van der Waals surface area contributed by atoms with Crippen molar-refractivity contribution in [3.05, 3.63) is 30.3 Å². The van der Waals surface area contributed by atoms with Crippen molar-refractivity contribution < 1.29 is 13.5 Å². The van der Waals surface area contributed by atoms with Crippen LogP contribution in [0, 0.1) is 24.2 Å². The zero-order valence-electron chi connectivity index (χ0n) is 11.5. The molecule has 5 heteroatoms. The second-order valence-electron chi connectivity index (χ2n) is 4.65. The molecule has 0 aliphatic heterocycles. The van der Waals surface area contributed by atoms with Gasteiger partial charge in [0.05, 0.1) is 18.0 Å². The first kappa shape index (κ1) is 16.3. The molecular weight excluding hydrogens is 274 g/mol. The Morgan fingerprint density at radius 3 is 2.35 bits per heavy atom. The van der Waals surface area contributed by atoms with Crippen molar-refractivity contribution in [3.8, 4) is 24.2 Å². The number of aliphatic hydroxyl groups is 1. The van der Waals surface area contributed by atoms with E-state index < -0.39 is 15.6 Å². The fourth-order valence-electron chi connectivity index (χ4n) is 1.41. The number of nitrogens with zero attached hydrogens (tertiary/aromatic N) is 1. The van der Waals surface area contributed by atoms with E-state index in [0.717, 1.165) is 4.31 Å². The van der Waals surface area contributed by atoms with Gasteiger partial charge in [-0.25, -0.2) is 8.42 Å². The number of hydrogen-bond donors (Lipinski definition) is 1. The molecule has 1 aromatic carbocycles. The van der Waals surface area contributed by atoms with Gasteiger partial charge in [0.15, 0.2) is 0 Å². The molecule has 0 fully saturated rings. The van der Waals surface area contributed by atoms with Gasteiger partial charge in [-0.15, -0.1) is 6.42 Å². The number of terminal acetylenes is 1. The Morgan fingerprint density at radius 2 is 1.85 bits per heavy atom. The van der Waals surface area contributed by atoms with Crippen molar-refractivity contribution in [2.45, 2.75) is 24.3 Å². The van der Waals surface area contributed by atoms with E-state index in [2.05, 4.69) is 17.8 Å². The maximum absolute atomic E-state index is 12.4. The summed E-state index contributed by atoms with van der Waals surface area (Å²) in [6, 6.07) is 8.02. The predicted octanol–water partition coefficient (Wildman–Crippen LogP) is 1.08. The van der Waals surface area contributed by atoms with Gasteiger partial charge in [-0.2, -0.15) is 4.31 Å². The van der Waals surface area contributed by atoms with Crippen molar-refractivity contribution in [1.29, 1.82) is 0 Å². The molecule has 0 saturated carbocycles. The Kier molecular flexibility index (Phi) is 5.35. The maximum Gasteiger partial charge on any atom is 0.244 e. The molecule has 1 aromatic rings. The molecule has 0 bridgehead atoms. The lowest BCUT2D eigenvalue weighted by atomic mass is 10.1. The van der Waals surface area contributed by atoms with Crippen molar-refractivity contribution in [2.75, 3.05) is 13.1 Å². The maximum atomic E-state index is 12.4. The zero-order valence-corrected chi connectivity index (χ0v) is 12.3. The standard InChI is InChI=1S/C15H17NO3S/c1-4-12-16(13-8-11-15(2,3)17)20(18,19)14-9-6-5-7-10-14/h1,5-7,9-10,17H,12-13H2,2-3H3. The summed E-state index contributed by atoms with van der Waals surface area (Å²) < 4.78 is 25.9. The fourth-order valence-corrected chi connectivity index (χ4v) is 2.69. The number of sulfonamides is 1. The Morgan fingerprint density at radius 1 is 1.25 bits per heavy atom. The molecular formula is C15H17NO3S. The predicted molar refractivity (Wildman–Crippen MR) is 78.1 cm³/mol. The fraction of sp³-hybridized carbons (Fsp3) is 0.333. The Labute approximate surface area is 120 Å². The highest BCUT2D eigenvalue weighted by Crippen LogP contribution is 2.14. The van der Waals surface area contributed by atoms with Gasteiger partial charge in [0, 0.05) is 0 Å². The van der Waals surface area contributed by atoms with Gasteiger partial charge >= 0.3 is 0 Å². The monoisotopic (exact) mass is 291 g/mol. The van der Waals surface area contributed by atoms with Crippen LogP contribution in [0.1, 0.15) is 13.8 Å². The summed E-state index contributed by atoms with van der Waals surface area (Å²) in [7, 11) is -3.67. The van der Waals surface area contributed by atoms with E-state index in [4.69, 9.17) is 6.42 Å². The third-order valence-electron chi connectivity index (χ3n) is 2.30. The van der Waals surface area contributed by atoms with E-state index in [1.807, 2.05) is 0 Å². The summed E-state index contributed by atoms with van der Waals surface area (Å²) in [6.45, 7) is 2.91. The minimum absolute atomic E-state index is 0.0641. The second-order valence-corrected chi connectivity index (χ2v) is 6.59. The summed E-state index contributed by atoms with van der Waals surface area (Å²) in [5, 5.41) is 9.50. The molecule has 0 aliphatic rings. The lowest BCUT2D eigenvalue weighted by molar-refractivity contribution is 0.143. The normalized spacial score (nSPS) is 11.6. The second kappa shape index (κ2) is 6.58. The van der Waals surface area contributed by atoms with Gasteiger partial charge in [-0.05, 0) is 26.0 Å².